The first-order valence-electron chi connectivity index (χ1n) is 4.77. The van der Waals surface area contributed by atoms with E-state index >= 15 is 0 Å². The minimum absolute atomic E-state index is 0.00779. The molecule has 16 heavy (non-hydrogen) atoms. The van der Waals surface area contributed by atoms with Crippen LogP contribution in [0.3, 0.4) is 0 Å². The fourth-order valence-electron chi connectivity index (χ4n) is 1.80. The second-order valence-corrected chi connectivity index (χ2v) is 6.01. The number of ether oxygens (including phenoxy) is 2. The van der Waals surface area contributed by atoms with Gasteiger partial charge in [-0.05, 0) is 6.07 Å². The first kappa shape index (κ1) is 11.7. The van der Waals surface area contributed by atoms with Crippen LogP contribution >= 0.6 is 10.7 Å². The van der Waals surface area contributed by atoms with Crippen molar-refractivity contribution in [3.8, 4) is 5.75 Å². The van der Waals surface area contributed by atoms with Gasteiger partial charge in [0.05, 0.1) is 12.7 Å². The Balaban J connectivity index is 2.60. The van der Waals surface area contributed by atoms with E-state index in [0.717, 1.165) is 5.56 Å². The van der Waals surface area contributed by atoms with Crippen LogP contribution in [0.1, 0.15) is 18.1 Å². The molecular weight excluding hydrogens is 252 g/mol. The topological polar surface area (TPSA) is 52.6 Å². The molecule has 88 valence electrons. The summed E-state index contributed by atoms with van der Waals surface area (Å²) in [5.41, 5.74) is 0.732. The number of methoxy groups -OCH3 is 1. The van der Waals surface area contributed by atoms with E-state index in [9.17, 15) is 8.42 Å². The van der Waals surface area contributed by atoms with Crippen molar-refractivity contribution in [2.24, 2.45) is 0 Å². The standard InChI is InChI=1S/C10H11ClO4S/c1-14-8-5-6-15-10-7(8)3-2-4-9(10)16(11,12)13/h2-4,8H,5-6H2,1H3. The molecule has 1 aromatic carbocycles. The Labute approximate surface area is 98.5 Å². The van der Waals surface area contributed by atoms with Gasteiger partial charge in [-0.3, -0.25) is 0 Å². The summed E-state index contributed by atoms with van der Waals surface area (Å²) in [7, 11) is 3.14. The third kappa shape index (κ3) is 2.03. The summed E-state index contributed by atoms with van der Waals surface area (Å²) in [6.07, 6.45) is 0.567. The Morgan fingerprint density at radius 3 is 2.88 bits per heavy atom. The molecule has 6 heteroatoms. The summed E-state index contributed by atoms with van der Waals surface area (Å²) in [5, 5.41) is 0. The van der Waals surface area contributed by atoms with Gasteiger partial charge in [-0.2, -0.15) is 0 Å². The predicted octanol–water partition coefficient (Wildman–Crippen LogP) is 2.08. The Bertz CT molecular complexity index is 498. The minimum Gasteiger partial charge on any atom is -0.492 e. The van der Waals surface area contributed by atoms with E-state index in [0.29, 0.717) is 18.8 Å². The van der Waals surface area contributed by atoms with Gasteiger partial charge in [0, 0.05) is 29.8 Å². The first-order valence-corrected chi connectivity index (χ1v) is 7.08. The minimum atomic E-state index is -3.78. The van der Waals surface area contributed by atoms with Gasteiger partial charge in [0.2, 0.25) is 0 Å². The van der Waals surface area contributed by atoms with Gasteiger partial charge in [-0.1, -0.05) is 12.1 Å². The van der Waals surface area contributed by atoms with Gasteiger partial charge in [-0.15, -0.1) is 0 Å². The molecule has 4 nitrogen and oxygen atoms in total. The molecule has 0 fully saturated rings. The lowest BCUT2D eigenvalue weighted by atomic mass is 10.0. The molecule has 0 N–H and O–H groups in total. The number of para-hydroxylation sites is 1. The third-order valence-electron chi connectivity index (χ3n) is 2.53. The summed E-state index contributed by atoms with van der Waals surface area (Å²) >= 11 is 0. The van der Waals surface area contributed by atoms with Crippen LogP contribution in [0.25, 0.3) is 0 Å². The largest absolute Gasteiger partial charge is 0.492 e. The normalized spacial score (nSPS) is 20.0. The average molecular weight is 263 g/mol. The zero-order valence-corrected chi connectivity index (χ0v) is 10.2. The molecule has 0 spiro atoms. The van der Waals surface area contributed by atoms with Crippen molar-refractivity contribution in [1.29, 1.82) is 0 Å². The van der Waals surface area contributed by atoms with Gasteiger partial charge in [0.15, 0.2) is 0 Å². The van der Waals surface area contributed by atoms with E-state index in [1.807, 2.05) is 0 Å². The number of hydrogen-bond donors (Lipinski definition) is 0. The van der Waals surface area contributed by atoms with Crippen molar-refractivity contribution < 1.29 is 17.9 Å². The van der Waals surface area contributed by atoms with Crippen molar-refractivity contribution in [3.05, 3.63) is 23.8 Å². The van der Waals surface area contributed by atoms with E-state index in [1.54, 1.807) is 19.2 Å². The highest BCUT2D eigenvalue weighted by Crippen LogP contribution is 2.39. The zero-order valence-electron chi connectivity index (χ0n) is 8.64. The van der Waals surface area contributed by atoms with Gasteiger partial charge in [0.25, 0.3) is 9.05 Å². The van der Waals surface area contributed by atoms with E-state index in [4.69, 9.17) is 20.2 Å². The maximum absolute atomic E-state index is 11.3. The van der Waals surface area contributed by atoms with Crippen molar-refractivity contribution >= 4 is 19.7 Å². The molecule has 0 saturated heterocycles. The van der Waals surface area contributed by atoms with Gasteiger partial charge in [-0.25, -0.2) is 8.42 Å². The second-order valence-electron chi connectivity index (χ2n) is 3.47. The molecular formula is C10H11ClO4S. The lowest BCUT2D eigenvalue weighted by Gasteiger charge is -2.25. The summed E-state index contributed by atoms with van der Waals surface area (Å²) in [6, 6.07) is 4.85. The molecule has 1 aliphatic rings. The third-order valence-corrected chi connectivity index (χ3v) is 3.88. The molecule has 0 aromatic heterocycles. The highest BCUT2D eigenvalue weighted by atomic mass is 35.7. The second kappa shape index (κ2) is 4.24. The smallest absolute Gasteiger partial charge is 0.264 e. The van der Waals surface area contributed by atoms with Gasteiger partial charge >= 0.3 is 0 Å². The molecule has 1 heterocycles. The van der Waals surface area contributed by atoms with Crippen molar-refractivity contribution in [1.82, 2.24) is 0 Å². The van der Waals surface area contributed by atoms with Crippen molar-refractivity contribution in [2.45, 2.75) is 17.4 Å². The number of fused-ring (bicyclic) bond motifs is 1. The first-order chi connectivity index (χ1) is 7.54. The Morgan fingerprint density at radius 1 is 1.50 bits per heavy atom. The number of rotatable bonds is 2. The van der Waals surface area contributed by atoms with E-state index in [1.165, 1.54) is 6.07 Å². The molecule has 0 bridgehead atoms. The van der Waals surface area contributed by atoms with Crippen LogP contribution in [-0.2, 0) is 13.8 Å². The van der Waals surface area contributed by atoms with Crippen LogP contribution in [0.5, 0.6) is 5.75 Å². The molecule has 1 unspecified atom stereocenters. The highest BCUT2D eigenvalue weighted by molar-refractivity contribution is 8.13. The lowest BCUT2D eigenvalue weighted by molar-refractivity contribution is 0.0623. The average Bonchev–Trinajstić information content (AvgIpc) is 2.26. The number of hydrogen-bond acceptors (Lipinski definition) is 4. The number of halogens is 1. The molecule has 0 saturated carbocycles. The summed E-state index contributed by atoms with van der Waals surface area (Å²) in [6.45, 7) is 0.426. The summed E-state index contributed by atoms with van der Waals surface area (Å²) in [5.74, 6) is 0.315. The summed E-state index contributed by atoms with van der Waals surface area (Å²) in [4.78, 5) is 0.00779. The predicted molar refractivity (Wildman–Crippen MR) is 59.3 cm³/mol. The van der Waals surface area contributed by atoms with E-state index in [-0.39, 0.29) is 11.0 Å². The quantitative estimate of drug-likeness (QED) is 0.766. The Hall–Kier alpha value is -0.780. The molecule has 1 aliphatic heterocycles. The molecule has 1 atom stereocenters. The zero-order chi connectivity index (χ0) is 11.8. The maximum Gasteiger partial charge on any atom is 0.264 e. The molecule has 0 amide bonds. The van der Waals surface area contributed by atoms with Crippen LogP contribution in [0.4, 0.5) is 0 Å². The van der Waals surface area contributed by atoms with E-state index < -0.39 is 9.05 Å². The van der Waals surface area contributed by atoms with Crippen LogP contribution in [-0.4, -0.2) is 22.1 Å². The summed E-state index contributed by atoms with van der Waals surface area (Å²) < 4.78 is 33.3. The number of benzene rings is 1. The van der Waals surface area contributed by atoms with E-state index in [2.05, 4.69) is 0 Å². The Morgan fingerprint density at radius 2 is 2.25 bits per heavy atom. The van der Waals surface area contributed by atoms with Crippen LogP contribution < -0.4 is 4.74 Å². The maximum atomic E-state index is 11.3. The van der Waals surface area contributed by atoms with Crippen LogP contribution in [0.2, 0.25) is 0 Å². The SMILES string of the molecule is COC1CCOc2c1cccc2S(=O)(=O)Cl. The molecule has 0 radical (unpaired) electrons. The van der Waals surface area contributed by atoms with Crippen LogP contribution in [0, 0.1) is 0 Å². The van der Waals surface area contributed by atoms with Crippen LogP contribution in [0.15, 0.2) is 23.1 Å². The molecule has 2 rings (SSSR count). The molecule has 1 aromatic rings. The lowest BCUT2D eigenvalue weighted by Crippen LogP contribution is -2.17. The molecule has 0 aliphatic carbocycles. The fraction of sp³-hybridized carbons (Fsp3) is 0.400. The van der Waals surface area contributed by atoms with Crippen molar-refractivity contribution in [3.63, 3.8) is 0 Å². The van der Waals surface area contributed by atoms with Gasteiger partial charge < -0.3 is 9.47 Å². The monoisotopic (exact) mass is 262 g/mol. The highest BCUT2D eigenvalue weighted by Gasteiger charge is 2.27. The van der Waals surface area contributed by atoms with Gasteiger partial charge in [0.1, 0.15) is 10.6 Å². The Kier molecular flexibility index (Phi) is 3.10. The fourth-order valence-corrected chi connectivity index (χ4v) is 2.81. The van der Waals surface area contributed by atoms with Crippen molar-refractivity contribution in [2.75, 3.05) is 13.7 Å².